The fourth-order valence-corrected chi connectivity index (χ4v) is 3.30. The van der Waals surface area contributed by atoms with Crippen LogP contribution in [0.5, 0.6) is 0 Å². The van der Waals surface area contributed by atoms with Gasteiger partial charge in [0.2, 0.25) is 0 Å². The van der Waals surface area contributed by atoms with Gasteiger partial charge in [0.15, 0.2) is 0 Å². The molecule has 0 saturated heterocycles. The molecule has 0 bridgehead atoms. The van der Waals surface area contributed by atoms with Crippen LogP contribution in [0.3, 0.4) is 0 Å². The number of nitriles is 1. The number of urea groups is 1. The van der Waals surface area contributed by atoms with Gasteiger partial charge in [0.1, 0.15) is 17.7 Å². The number of hydrazine groups is 1. The molecular formula is C23H16ClF5N6O2. The van der Waals surface area contributed by atoms with Crippen molar-refractivity contribution < 1.29 is 31.5 Å². The van der Waals surface area contributed by atoms with E-state index < -0.39 is 47.4 Å². The van der Waals surface area contributed by atoms with E-state index in [1.54, 1.807) is 6.07 Å². The monoisotopic (exact) mass is 538 g/mol. The number of halogens is 6. The number of nitrogens with one attached hydrogen (secondary N) is 2. The molecule has 3 rings (SSSR count). The lowest BCUT2D eigenvalue weighted by Gasteiger charge is -2.22. The lowest BCUT2D eigenvalue weighted by atomic mass is 10.0. The first-order valence-corrected chi connectivity index (χ1v) is 10.7. The SMILES string of the molecule is CCN(NC(=O)c1cncc(C(F)(F)F)c1)C(=O)NCc1ncc(-c2cc(Cl)cc(F)c2C#N)cc1F. The van der Waals surface area contributed by atoms with E-state index in [0.717, 1.165) is 29.5 Å². The van der Waals surface area contributed by atoms with E-state index in [2.05, 4.69) is 20.7 Å². The Kier molecular flexibility index (Phi) is 8.24. The summed E-state index contributed by atoms with van der Waals surface area (Å²) >= 11 is 5.83. The zero-order valence-corrected chi connectivity index (χ0v) is 19.6. The molecular weight excluding hydrogens is 523 g/mol. The van der Waals surface area contributed by atoms with Crippen LogP contribution in [0.2, 0.25) is 5.02 Å². The van der Waals surface area contributed by atoms with Crippen molar-refractivity contribution in [2.75, 3.05) is 6.54 Å². The summed E-state index contributed by atoms with van der Waals surface area (Å²) in [6.45, 7) is 0.961. The number of rotatable bonds is 5. The van der Waals surface area contributed by atoms with Crippen LogP contribution in [-0.4, -0.2) is 33.5 Å². The summed E-state index contributed by atoms with van der Waals surface area (Å²) < 4.78 is 67.2. The topological polar surface area (TPSA) is 111 Å². The summed E-state index contributed by atoms with van der Waals surface area (Å²) in [6.07, 6.45) is -2.09. The smallest absolute Gasteiger partial charge is 0.331 e. The zero-order valence-electron chi connectivity index (χ0n) is 18.8. The maximum absolute atomic E-state index is 14.7. The molecule has 192 valence electrons. The Bertz CT molecular complexity index is 1390. The summed E-state index contributed by atoms with van der Waals surface area (Å²) in [5, 5.41) is 12.3. The molecule has 0 aliphatic carbocycles. The van der Waals surface area contributed by atoms with E-state index >= 15 is 0 Å². The number of aromatic nitrogens is 2. The molecule has 0 unspecified atom stereocenters. The molecule has 0 fully saturated rings. The van der Waals surface area contributed by atoms with Gasteiger partial charge in [-0.15, -0.1) is 0 Å². The van der Waals surface area contributed by atoms with Crippen molar-refractivity contribution in [3.63, 3.8) is 0 Å². The van der Waals surface area contributed by atoms with Gasteiger partial charge in [-0.1, -0.05) is 11.6 Å². The highest BCUT2D eigenvalue weighted by atomic mass is 35.5. The van der Waals surface area contributed by atoms with Gasteiger partial charge in [-0.25, -0.2) is 18.6 Å². The van der Waals surface area contributed by atoms with Gasteiger partial charge in [0.05, 0.1) is 28.9 Å². The molecule has 2 aromatic heterocycles. The number of pyridine rings is 2. The standard InChI is InChI=1S/C23H16ClF5N6O2/c1-2-35(34-21(36)13-3-14(10-31-8-13)23(27,28)29)22(37)33-11-20-19(26)4-12(9-32-20)16-5-15(24)6-18(25)17(16)7-30/h3-6,8-10H,2,11H2,1H3,(H,33,37)(H,34,36). The normalized spacial score (nSPS) is 11.0. The number of hydrogen-bond acceptors (Lipinski definition) is 5. The van der Waals surface area contributed by atoms with Crippen molar-refractivity contribution in [3.05, 3.63) is 81.9 Å². The molecule has 14 heteroatoms. The maximum atomic E-state index is 14.7. The van der Waals surface area contributed by atoms with Crippen molar-refractivity contribution >= 4 is 23.5 Å². The minimum Gasteiger partial charge on any atom is -0.331 e. The summed E-state index contributed by atoms with van der Waals surface area (Å²) in [5.41, 5.74) is 0.106. The number of nitrogens with zero attached hydrogens (tertiary/aromatic N) is 4. The lowest BCUT2D eigenvalue weighted by molar-refractivity contribution is -0.137. The Balaban J connectivity index is 1.70. The first-order valence-electron chi connectivity index (χ1n) is 10.4. The van der Waals surface area contributed by atoms with E-state index in [1.807, 2.05) is 0 Å². The first kappa shape index (κ1) is 27.3. The highest BCUT2D eigenvalue weighted by Crippen LogP contribution is 2.30. The fraction of sp³-hybridized carbons (Fsp3) is 0.174. The number of benzene rings is 1. The molecule has 0 saturated carbocycles. The number of amides is 3. The van der Waals surface area contributed by atoms with Crippen LogP contribution in [-0.2, 0) is 12.7 Å². The van der Waals surface area contributed by atoms with Crippen molar-refractivity contribution in [1.82, 2.24) is 25.7 Å². The first-order chi connectivity index (χ1) is 17.4. The molecule has 3 aromatic rings. The Morgan fingerprint density at radius 3 is 2.46 bits per heavy atom. The van der Waals surface area contributed by atoms with Crippen LogP contribution in [0, 0.1) is 23.0 Å². The Morgan fingerprint density at radius 2 is 1.84 bits per heavy atom. The third kappa shape index (κ3) is 6.47. The van der Waals surface area contributed by atoms with Crippen LogP contribution >= 0.6 is 11.6 Å². The minimum absolute atomic E-state index is 0.00846. The van der Waals surface area contributed by atoms with Gasteiger partial charge in [0.25, 0.3) is 5.91 Å². The van der Waals surface area contributed by atoms with Gasteiger partial charge < -0.3 is 5.32 Å². The second-order valence-electron chi connectivity index (χ2n) is 7.38. The highest BCUT2D eigenvalue weighted by Gasteiger charge is 2.31. The van der Waals surface area contributed by atoms with Crippen LogP contribution in [0.1, 0.15) is 34.1 Å². The predicted molar refractivity (Wildman–Crippen MR) is 121 cm³/mol. The van der Waals surface area contributed by atoms with E-state index in [9.17, 15) is 36.8 Å². The van der Waals surface area contributed by atoms with E-state index in [0.29, 0.717) is 12.3 Å². The zero-order chi connectivity index (χ0) is 27.3. The Labute approximate surface area is 211 Å². The second kappa shape index (κ2) is 11.2. The van der Waals surface area contributed by atoms with Crippen LogP contribution in [0.25, 0.3) is 11.1 Å². The third-order valence-corrected chi connectivity index (χ3v) is 5.15. The summed E-state index contributed by atoms with van der Waals surface area (Å²) in [6, 6.07) is 4.57. The maximum Gasteiger partial charge on any atom is 0.417 e. The van der Waals surface area contributed by atoms with E-state index in [4.69, 9.17) is 11.6 Å². The minimum atomic E-state index is -4.71. The van der Waals surface area contributed by atoms with Crippen molar-refractivity contribution in [3.8, 4) is 17.2 Å². The van der Waals surface area contributed by atoms with E-state index in [-0.39, 0.29) is 34.0 Å². The van der Waals surface area contributed by atoms with Crippen LogP contribution in [0.15, 0.2) is 42.9 Å². The van der Waals surface area contributed by atoms with E-state index in [1.165, 1.54) is 13.0 Å². The molecule has 0 aliphatic heterocycles. The van der Waals surface area contributed by atoms with Gasteiger partial charge in [0, 0.05) is 41.3 Å². The average molecular weight is 539 g/mol. The summed E-state index contributed by atoms with van der Waals surface area (Å²) in [7, 11) is 0. The molecule has 0 radical (unpaired) electrons. The molecule has 0 spiro atoms. The summed E-state index contributed by atoms with van der Waals surface area (Å²) in [5.74, 6) is -2.79. The van der Waals surface area contributed by atoms with Crippen LogP contribution < -0.4 is 10.7 Å². The van der Waals surface area contributed by atoms with Crippen molar-refractivity contribution in [1.29, 1.82) is 5.26 Å². The van der Waals surface area contributed by atoms with Gasteiger partial charge in [-0.3, -0.25) is 20.2 Å². The molecule has 2 heterocycles. The van der Waals surface area contributed by atoms with Crippen molar-refractivity contribution in [2.45, 2.75) is 19.6 Å². The fourth-order valence-electron chi connectivity index (χ4n) is 3.09. The molecule has 2 N–H and O–H groups in total. The van der Waals surface area contributed by atoms with Gasteiger partial charge >= 0.3 is 12.2 Å². The number of carbonyl (C=O) groups excluding carboxylic acids is 2. The summed E-state index contributed by atoms with van der Waals surface area (Å²) in [4.78, 5) is 32.1. The van der Waals surface area contributed by atoms with Gasteiger partial charge in [-0.2, -0.15) is 18.4 Å². The highest BCUT2D eigenvalue weighted by molar-refractivity contribution is 6.31. The number of carbonyl (C=O) groups is 2. The third-order valence-electron chi connectivity index (χ3n) is 4.93. The molecule has 37 heavy (non-hydrogen) atoms. The number of hydrogen-bond donors (Lipinski definition) is 2. The second-order valence-corrected chi connectivity index (χ2v) is 7.81. The number of alkyl halides is 3. The molecule has 0 atom stereocenters. The lowest BCUT2D eigenvalue weighted by Crippen LogP contribution is -2.50. The predicted octanol–water partition coefficient (Wildman–Crippen LogP) is 4.84. The molecule has 0 aliphatic rings. The van der Waals surface area contributed by atoms with Crippen molar-refractivity contribution in [2.24, 2.45) is 0 Å². The Morgan fingerprint density at radius 1 is 1.11 bits per heavy atom. The molecule has 3 amide bonds. The molecule has 1 aromatic carbocycles. The average Bonchev–Trinajstić information content (AvgIpc) is 2.85. The molecule has 8 nitrogen and oxygen atoms in total. The quantitative estimate of drug-likeness (QED) is 0.357. The van der Waals surface area contributed by atoms with Gasteiger partial charge in [-0.05, 0) is 31.2 Å². The Hall–Kier alpha value is -4.31. The largest absolute Gasteiger partial charge is 0.417 e. The van der Waals surface area contributed by atoms with Crippen LogP contribution in [0.4, 0.5) is 26.7 Å².